The second-order valence-corrected chi connectivity index (χ2v) is 10.1. The van der Waals surface area contributed by atoms with E-state index >= 15 is 0 Å². The molecule has 4 fully saturated rings. The van der Waals surface area contributed by atoms with Gasteiger partial charge in [-0.15, -0.1) is 11.8 Å². The summed E-state index contributed by atoms with van der Waals surface area (Å²) in [4.78, 5) is 12.2. The van der Waals surface area contributed by atoms with Gasteiger partial charge in [-0.3, -0.25) is 4.79 Å². The van der Waals surface area contributed by atoms with E-state index in [0.29, 0.717) is 23.5 Å². The van der Waals surface area contributed by atoms with Gasteiger partial charge in [-0.05, 0) is 101 Å². The highest BCUT2D eigenvalue weighted by Gasteiger charge is 2.60. The maximum absolute atomic E-state index is 12.2. The Morgan fingerprint density at radius 1 is 1.04 bits per heavy atom. The lowest BCUT2D eigenvalue weighted by molar-refractivity contribution is -0.129. The van der Waals surface area contributed by atoms with Gasteiger partial charge >= 0.3 is 0 Å². The SMILES string of the molecule is CC#C[C@H]1CC[C@@H]2C3CC[C@@]4(C)C(CC[C@@H]4C(C)=O)C3CCC2(C=N)C1. The van der Waals surface area contributed by atoms with Gasteiger partial charge in [0.15, 0.2) is 0 Å². The number of carbonyl (C=O) groups excluding carboxylic acids is 1. The molecule has 26 heavy (non-hydrogen) atoms. The second-order valence-electron chi connectivity index (χ2n) is 10.1. The first-order valence-corrected chi connectivity index (χ1v) is 10.9. The van der Waals surface area contributed by atoms with Crippen LogP contribution in [0.2, 0.25) is 0 Å². The van der Waals surface area contributed by atoms with Crippen LogP contribution in [0.1, 0.15) is 78.6 Å². The number of hydrogen-bond donors (Lipinski definition) is 1. The first kappa shape index (κ1) is 18.3. The smallest absolute Gasteiger partial charge is 0.133 e. The molecular formula is C24H35NO. The molecule has 1 N–H and O–H groups in total. The molecule has 0 heterocycles. The van der Waals surface area contributed by atoms with Gasteiger partial charge in [0.1, 0.15) is 5.78 Å². The van der Waals surface area contributed by atoms with Crippen LogP contribution in [-0.4, -0.2) is 12.0 Å². The van der Waals surface area contributed by atoms with E-state index in [1.54, 1.807) is 0 Å². The first-order valence-electron chi connectivity index (χ1n) is 10.9. The molecular weight excluding hydrogens is 318 g/mol. The Labute approximate surface area is 159 Å². The molecule has 4 unspecified atom stereocenters. The van der Waals surface area contributed by atoms with Crippen LogP contribution in [0.3, 0.4) is 0 Å². The van der Waals surface area contributed by atoms with E-state index in [-0.39, 0.29) is 10.8 Å². The summed E-state index contributed by atoms with van der Waals surface area (Å²) in [6.45, 7) is 6.20. The number of rotatable bonds is 2. The Morgan fingerprint density at radius 2 is 1.73 bits per heavy atom. The molecule has 4 aliphatic carbocycles. The summed E-state index contributed by atoms with van der Waals surface area (Å²) in [6.07, 6.45) is 12.8. The molecule has 8 atom stereocenters. The van der Waals surface area contributed by atoms with Crippen molar-refractivity contribution >= 4 is 12.0 Å². The molecule has 0 amide bonds. The molecule has 0 aromatic heterocycles. The zero-order chi connectivity index (χ0) is 18.5. The van der Waals surface area contributed by atoms with Crippen LogP contribution in [0.4, 0.5) is 0 Å². The minimum atomic E-state index is 0.111. The standard InChI is InChI=1S/C24H35NO/c1-4-5-17-6-7-22-19-10-12-23(3)20(16(2)26)8-9-21(23)18(19)11-13-24(22,14-17)15-25/h15,17-22,25H,6-14H2,1-3H3/t17-,18?,19?,20+,21?,22+,23+,24?/m0/s1. The van der Waals surface area contributed by atoms with Gasteiger partial charge in [-0.2, -0.15) is 0 Å². The number of fused-ring (bicyclic) bond motifs is 5. The molecule has 0 aromatic carbocycles. The third kappa shape index (κ3) is 2.53. The van der Waals surface area contributed by atoms with Crippen LogP contribution in [0, 0.1) is 63.6 Å². The zero-order valence-corrected chi connectivity index (χ0v) is 16.8. The minimum Gasteiger partial charge on any atom is -0.313 e. The van der Waals surface area contributed by atoms with Gasteiger partial charge in [0, 0.05) is 23.5 Å². The molecule has 2 nitrogen and oxygen atoms in total. The molecule has 0 bridgehead atoms. The quantitative estimate of drug-likeness (QED) is 0.516. The van der Waals surface area contributed by atoms with E-state index in [1.807, 2.05) is 20.1 Å². The molecule has 4 aliphatic rings. The maximum Gasteiger partial charge on any atom is 0.133 e. The Hall–Kier alpha value is -1.10. The van der Waals surface area contributed by atoms with Crippen molar-refractivity contribution in [3.05, 3.63) is 0 Å². The Bertz CT molecular complexity index is 657. The molecule has 0 spiro atoms. The average Bonchev–Trinajstić information content (AvgIpc) is 2.99. The maximum atomic E-state index is 12.2. The van der Waals surface area contributed by atoms with Crippen molar-refractivity contribution in [3.8, 4) is 11.8 Å². The van der Waals surface area contributed by atoms with Gasteiger partial charge in [0.05, 0.1) is 0 Å². The summed E-state index contributed by atoms with van der Waals surface area (Å²) >= 11 is 0. The fraction of sp³-hybridized carbons (Fsp3) is 0.833. The van der Waals surface area contributed by atoms with E-state index in [9.17, 15) is 4.79 Å². The van der Waals surface area contributed by atoms with Gasteiger partial charge in [0.25, 0.3) is 0 Å². The van der Waals surface area contributed by atoms with Gasteiger partial charge < -0.3 is 5.41 Å². The van der Waals surface area contributed by atoms with Crippen LogP contribution in [0.25, 0.3) is 0 Å². The highest BCUT2D eigenvalue weighted by Crippen LogP contribution is 2.66. The van der Waals surface area contributed by atoms with Crippen molar-refractivity contribution in [2.24, 2.45) is 46.3 Å². The number of carbonyl (C=O) groups is 1. The number of ketones is 1. The molecule has 142 valence electrons. The summed E-state index contributed by atoms with van der Waals surface area (Å²) in [6, 6.07) is 0. The molecule has 0 radical (unpaired) electrons. The summed E-state index contributed by atoms with van der Waals surface area (Å²) in [7, 11) is 0. The van der Waals surface area contributed by atoms with Crippen molar-refractivity contribution in [1.82, 2.24) is 0 Å². The fourth-order valence-corrected chi connectivity index (χ4v) is 8.21. The van der Waals surface area contributed by atoms with Crippen LogP contribution in [-0.2, 0) is 4.79 Å². The van der Waals surface area contributed by atoms with E-state index in [1.165, 1.54) is 44.9 Å². The van der Waals surface area contributed by atoms with Crippen LogP contribution in [0.15, 0.2) is 0 Å². The largest absolute Gasteiger partial charge is 0.313 e. The van der Waals surface area contributed by atoms with E-state index in [2.05, 4.69) is 18.8 Å². The lowest BCUT2D eigenvalue weighted by Crippen LogP contribution is -2.53. The summed E-state index contributed by atoms with van der Waals surface area (Å²) in [5.41, 5.74) is 0.364. The van der Waals surface area contributed by atoms with Crippen molar-refractivity contribution < 1.29 is 4.79 Å². The lowest BCUT2D eigenvalue weighted by atomic mass is 9.45. The Morgan fingerprint density at radius 3 is 2.42 bits per heavy atom. The second kappa shape index (κ2) is 6.50. The number of hydrogen-bond acceptors (Lipinski definition) is 2. The normalized spacial score (nSPS) is 49.8. The summed E-state index contributed by atoms with van der Waals surface area (Å²) in [5, 5.41) is 8.30. The monoisotopic (exact) mass is 353 g/mol. The topological polar surface area (TPSA) is 40.9 Å². The van der Waals surface area contributed by atoms with Gasteiger partial charge in [0.2, 0.25) is 0 Å². The third-order valence-corrected chi connectivity index (χ3v) is 9.27. The van der Waals surface area contributed by atoms with Crippen molar-refractivity contribution in [2.45, 2.75) is 78.6 Å². The van der Waals surface area contributed by atoms with Gasteiger partial charge in [-0.1, -0.05) is 6.92 Å². The van der Waals surface area contributed by atoms with E-state index in [4.69, 9.17) is 5.41 Å². The molecule has 0 aromatic rings. The zero-order valence-electron chi connectivity index (χ0n) is 16.8. The summed E-state index contributed by atoms with van der Waals surface area (Å²) < 4.78 is 0. The van der Waals surface area contributed by atoms with E-state index < -0.39 is 0 Å². The fourth-order valence-electron chi connectivity index (χ4n) is 8.21. The number of nitrogens with one attached hydrogen (secondary N) is 1. The van der Waals surface area contributed by atoms with Crippen LogP contribution in [0.5, 0.6) is 0 Å². The molecule has 0 saturated heterocycles. The van der Waals surface area contributed by atoms with Crippen LogP contribution >= 0.6 is 0 Å². The molecule has 4 rings (SSSR count). The van der Waals surface area contributed by atoms with Gasteiger partial charge in [-0.25, -0.2) is 0 Å². The highest BCUT2D eigenvalue weighted by molar-refractivity contribution is 5.79. The highest BCUT2D eigenvalue weighted by atomic mass is 16.1. The predicted molar refractivity (Wildman–Crippen MR) is 106 cm³/mol. The average molecular weight is 354 g/mol. The lowest BCUT2D eigenvalue weighted by Gasteiger charge is -2.59. The Kier molecular flexibility index (Phi) is 4.57. The van der Waals surface area contributed by atoms with E-state index in [0.717, 1.165) is 30.6 Å². The minimum absolute atomic E-state index is 0.111. The molecule has 2 heteroatoms. The van der Waals surface area contributed by atoms with Crippen molar-refractivity contribution in [2.75, 3.05) is 0 Å². The van der Waals surface area contributed by atoms with Crippen molar-refractivity contribution in [1.29, 1.82) is 5.41 Å². The van der Waals surface area contributed by atoms with Crippen LogP contribution < -0.4 is 0 Å². The first-order chi connectivity index (χ1) is 12.4. The number of Topliss-reactive ketones (excluding diaryl/α,β-unsaturated/α-hetero) is 1. The molecule has 4 saturated carbocycles. The Balaban J connectivity index is 1.60. The summed E-state index contributed by atoms with van der Waals surface area (Å²) in [5.74, 6) is 10.8. The van der Waals surface area contributed by atoms with Crippen molar-refractivity contribution in [3.63, 3.8) is 0 Å². The third-order valence-electron chi connectivity index (χ3n) is 9.27. The molecule has 0 aliphatic heterocycles. The predicted octanol–water partition coefficient (Wildman–Crippen LogP) is 5.50.